The Morgan fingerprint density at radius 3 is 1.51 bits per heavy atom. The summed E-state index contributed by atoms with van der Waals surface area (Å²) in [5.74, 6) is -10.6. The van der Waals surface area contributed by atoms with E-state index < -0.39 is 162 Å². The molecule has 25 nitrogen and oxygen atoms in total. The summed E-state index contributed by atoms with van der Waals surface area (Å²) in [5.41, 5.74) is -2.22. The maximum absolute atomic E-state index is 16.1. The van der Waals surface area contributed by atoms with Gasteiger partial charge in [-0.15, -0.1) is 0 Å². The Hall–Kier alpha value is -6.21. The summed E-state index contributed by atoms with van der Waals surface area (Å²) in [6, 6.07) is -11.5. The molecule has 0 aromatic rings. The first-order valence-electron chi connectivity index (χ1n) is 32.9. The van der Waals surface area contributed by atoms with E-state index in [0.29, 0.717) is 19.5 Å². The molecule has 0 spiro atoms. The molecule has 6 N–H and O–H groups in total. The number of amides is 11. The van der Waals surface area contributed by atoms with Crippen LogP contribution in [-0.4, -0.2) is 246 Å². The molecule has 2 saturated heterocycles. The predicted octanol–water partition coefficient (Wildman–Crippen LogP) is 2.98. The molecule has 520 valence electrons. The number of allylic oxidation sites excluding steroid dienone is 2. The van der Waals surface area contributed by atoms with E-state index in [9.17, 15) is 38.7 Å². The third kappa shape index (κ3) is 21.4. The van der Waals surface area contributed by atoms with Crippen LogP contribution in [0.15, 0.2) is 12.2 Å². The molecular weight excluding hydrogens is 1170 g/mol. The Morgan fingerprint density at radius 2 is 1.03 bits per heavy atom. The van der Waals surface area contributed by atoms with Gasteiger partial charge in [0.25, 0.3) is 5.91 Å². The molecule has 0 aromatic heterocycles. The molecule has 2 aliphatic rings. The van der Waals surface area contributed by atoms with Gasteiger partial charge in [0.15, 0.2) is 0 Å². The monoisotopic (exact) mass is 1290 g/mol. The zero-order valence-corrected chi connectivity index (χ0v) is 59.6. The average molecular weight is 1290 g/mol. The predicted molar refractivity (Wildman–Crippen MR) is 350 cm³/mol. The van der Waals surface area contributed by atoms with Crippen molar-refractivity contribution in [2.45, 2.75) is 235 Å². The molecule has 11 amide bonds. The molecule has 2 rings (SSSR count). The SMILES string of the molecule is C/C=C/C[C@@H](C)[C@@H](O)[C@H]1C(=O)N[C@@H](CC)C(=O)N(C)CC(=O)N(C)[C@@H](CC(C)C)C(=O)N[C@@H](C(C)C)C(=O)N(C)[C@@H](CC(C)C)C(=O)N[C@@H](C)C(=O)N[C@H](C)C(=O)N(C)[C@@H](CC(C)C)C(=O)N(C)[C@@H](CC(C)C)C(=O)N(C)[C@](OC2CCNC2)(C(C)C)C(=O)N1C. The van der Waals surface area contributed by atoms with Gasteiger partial charge in [0.2, 0.25) is 64.8 Å². The summed E-state index contributed by atoms with van der Waals surface area (Å²) in [6.45, 7) is 30.1. The third-order valence-corrected chi connectivity index (χ3v) is 17.7. The van der Waals surface area contributed by atoms with Gasteiger partial charge in [0.05, 0.1) is 18.8 Å². The Bertz CT molecular complexity index is 2520. The Kier molecular flexibility index (Phi) is 32.3. The minimum Gasteiger partial charge on any atom is -0.390 e. The second kappa shape index (κ2) is 36.3. The van der Waals surface area contributed by atoms with Gasteiger partial charge in [-0.1, -0.05) is 109 Å². The van der Waals surface area contributed by atoms with E-state index in [1.807, 2.05) is 55.4 Å². The van der Waals surface area contributed by atoms with Crippen molar-refractivity contribution < 1.29 is 62.6 Å². The van der Waals surface area contributed by atoms with E-state index >= 15 is 19.2 Å². The van der Waals surface area contributed by atoms with Gasteiger partial charge in [-0.25, -0.2) is 0 Å². The first-order chi connectivity index (χ1) is 42.2. The molecule has 0 bridgehead atoms. The highest BCUT2D eigenvalue weighted by Gasteiger charge is 2.56. The summed E-state index contributed by atoms with van der Waals surface area (Å²) >= 11 is 0. The molecule has 0 aromatic carbocycles. The summed E-state index contributed by atoms with van der Waals surface area (Å²) < 4.78 is 6.95. The van der Waals surface area contributed by atoms with Gasteiger partial charge in [-0.2, -0.15) is 0 Å². The lowest BCUT2D eigenvalue weighted by Crippen LogP contribution is -2.70. The molecule has 2 fully saturated rings. The lowest BCUT2D eigenvalue weighted by Gasteiger charge is -2.49. The zero-order chi connectivity index (χ0) is 70.0. The van der Waals surface area contributed by atoms with Crippen molar-refractivity contribution in [1.29, 1.82) is 0 Å². The number of hydrogen-bond donors (Lipinski definition) is 6. The number of aliphatic hydroxyl groups is 1. The Labute approximate surface area is 544 Å². The van der Waals surface area contributed by atoms with Crippen LogP contribution >= 0.6 is 0 Å². The lowest BCUT2D eigenvalue weighted by molar-refractivity contribution is -0.219. The van der Waals surface area contributed by atoms with Crippen molar-refractivity contribution in [3.05, 3.63) is 12.2 Å². The molecule has 13 atom stereocenters. The van der Waals surface area contributed by atoms with Gasteiger partial charge < -0.3 is 70.7 Å². The van der Waals surface area contributed by atoms with E-state index in [4.69, 9.17) is 4.74 Å². The van der Waals surface area contributed by atoms with E-state index in [2.05, 4.69) is 26.6 Å². The maximum Gasteiger partial charge on any atom is 0.276 e. The number of hydrogen-bond acceptors (Lipinski definition) is 14. The molecule has 0 saturated carbocycles. The molecule has 1 unspecified atom stereocenters. The first-order valence-corrected chi connectivity index (χ1v) is 32.9. The van der Waals surface area contributed by atoms with E-state index in [0.717, 1.165) is 9.80 Å². The standard InChI is InChI=1S/C66H118N12O13/c1-25-27-28-43(15)55(80)54-59(84)70-47(26-2)61(86)72(18)36-52(79)73(19)48(31-37(3)4)58(83)71-53(41(11)12)64(89)74(20)49(32-38(5)6)57(82)68-44(16)56(81)69-45(17)60(85)75(21)50(33-39(7)8)62(87)76(22)51(34-40(9)10)63(88)78(24)66(42(13)14,65(90)77(54)23)91-46-29-30-67-35-46/h25,27,37-51,53-55,67,80H,26,28-36H2,1-24H3,(H,68,82)(H,69,81)(H,70,84)(H,71,83)/b27-25+/t43-,44+,45-,46?,47+,48+,49+,50+,51+,53+,54+,55-,66+/m1/s1. The lowest BCUT2D eigenvalue weighted by atomic mass is 9.89. The van der Waals surface area contributed by atoms with Crippen LogP contribution in [0, 0.1) is 41.4 Å². The summed E-state index contributed by atoms with van der Waals surface area (Å²) in [6.07, 6.45) is 2.59. The number of nitrogens with zero attached hydrogens (tertiary/aromatic N) is 7. The van der Waals surface area contributed by atoms with Gasteiger partial charge in [0.1, 0.15) is 54.4 Å². The molecule has 0 aliphatic carbocycles. The van der Waals surface area contributed by atoms with Crippen LogP contribution in [0.1, 0.15) is 163 Å². The fourth-order valence-electron chi connectivity index (χ4n) is 11.9. The van der Waals surface area contributed by atoms with E-state index in [1.165, 1.54) is 87.7 Å². The molecular formula is C66H118N12O13. The van der Waals surface area contributed by atoms with Crippen LogP contribution in [0.2, 0.25) is 0 Å². The largest absolute Gasteiger partial charge is 0.390 e. The number of likely N-dealkylation sites (N-methyl/N-ethyl adjacent to an activating group) is 7. The van der Waals surface area contributed by atoms with E-state index in [1.54, 1.807) is 60.6 Å². The number of nitrogens with one attached hydrogen (secondary N) is 5. The minimum atomic E-state index is -2.22. The number of carbonyl (C=O) groups excluding carboxylic acids is 11. The fraction of sp³-hybridized carbons (Fsp3) is 0.803. The summed E-state index contributed by atoms with van der Waals surface area (Å²) in [7, 11) is 9.86. The first kappa shape index (κ1) is 80.9. The van der Waals surface area contributed by atoms with Crippen LogP contribution in [0.25, 0.3) is 0 Å². The highest BCUT2D eigenvalue weighted by atomic mass is 16.5. The fourth-order valence-corrected chi connectivity index (χ4v) is 11.9. The number of rotatable bonds is 17. The molecule has 91 heavy (non-hydrogen) atoms. The Morgan fingerprint density at radius 1 is 0.560 bits per heavy atom. The third-order valence-electron chi connectivity index (χ3n) is 17.7. The summed E-state index contributed by atoms with van der Waals surface area (Å²) in [4.78, 5) is 172. The smallest absolute Gasteiger partial charge is 0.276 e. The van der Waals surface area contributed by atoms with Gasteiger partial charge >= 0.3 is 0 Å². The second-order valence-electron chi connectivity index (χ2n) is 27.9. The highest BCUT2D eigenvalue weighted by molar-refractivity contribution is 6.00. The highest BCUT2D eigenvalue weighted by Crippen LogP contribution is 2.35. The van der Waals surface area contributed by atoms with Crippen LogP contribution in [-0.2, 0) is 57.5 Å². The van der Waals surface area contributed by atoms with Gasteiger partial charge in [-0.3, -0.25) is 52.7 Å². The van der Waals surface area contributed by atoms with Crippen LogP contribution in [0.5, 0.6) is 0 Å². The zero-order valence-electron chi connectivity index (χ0n) is 59.6. The van der Waals surface area contributed by atoms with Crippen molar-refractivity contribution in [3.8, 4) is 0 Å². The maximum atomic E-state index is 16.1. The minimum absolute atomic E-state index is 0.00580. The van der Waals surface area contributed by atoms with Crippen molar-refractivity contribution in [2.75, 3.05) is 69.0 Å². The van der Waals surface area contributed by atoms with Crippen LogP contribution < -0.4 is 26.6 Å². The van der Waals surface area contributed by atoms with Crippen molar-refractivity contribution in [1.82, 2.24) is 60.9 Å². The topological polar surface area (TPSA) is 300 Å². The quantitative estimate of drug-likeness (QED) is 0.114. The van der Waals surface area contributed by atoms with Crippen molar-refractivity contribution in [2.24, 2.45) is 41.4 Å². The molecule has 25 heteroatoms. The second-order valence-corrected chi connectivity index (χ2v) is 27.9. The molecule has 0 radical (unpaired) electrons. The van der Waals surface area contributed by atoms with Gasteiger partial charge in [-0.05, 0) is 108 Å². The van der Waals surface area contributed by atoms with Crippen LogP contribution in [0.3, 0.4) is 0 Å². The average Bonchev–Trinajstić information content (AvgIpc) is 1.23. The van der Waals surface area contributed by atoms with E-state index in [-0.39, 0.29) is 62.2 Å². The van der Waals surface area contributed by atoms with Gasteiger partial charge in [0, 0.05) is 61.8 Å². The van der Waals surface area contributed by atoms with Crippen LogP contribution in [0.4, 0.5) is 0 Å². The summed E-state index contributed by atoms with van der Waals surface area (Å²) in [5, 5.41) is 26.7. The number of carbonyl (C=O) groups is 11. The van der Waals surface area contributed by atoms with Crippen molar-refractivity contribution >= 4 is 65.0 Å². The molecule has 2 heterocycles. The normalized spacial score (nSPS) is 28.4. The number of ether oxygens (including phenoxy) is 1. The van der Waals surface area contributed by atoms with Crippen molar-refractivity contribution in [3.63, 3.8) is 0 Å². The Balaban J connectivity index is 3.12. The molecule has 2 aliphatic heterocycles. The number of aliphatic hydroxyl groups excluding tert-OH is 1.